The summed E-state index contributed by atoms with van der Waals surface area (Å²) in [5, 5.41) is 6.24. The van der Waals surface area contributed by atoms with Gasteiger partial charge in [0.05, 0.1) is 12.3 Å². The number of rotatable bonds is 6. The number of nitrogens with zero attached hydrogens (tertiary/aromatic N) is 1. The van der Waals surface area contributed by atoms with E-state index in [1.807, 2.05) is 0 Å². The molecule has 112 valence electrons. The van der Waals surface area contributed by atoms with Crippen molar-refractivity contribution in [1.82, 2.24) is 10.2 Å². The molecule has 1 N–H and O–H groups in total. The second-order valence-electron chi connectivity index (χ2n) is 4.89. The van der Waals surface area contributed by atoms with Gasteiger partial charge in [-0.2, -0.15) is 5.10 Å². The van der Waals surface area contributed by atoms with E-state index in [-0.39, 0.29) is 17.2 Å². The molecule has 0 aromatic carbocycles. The first-order valence-corrected chi connectivity index (χ1v) is 8.93. The van der Waals surface area contributed by atoms with Gasteiger partial charge in [0.15, 0.2) is 5.69 Å². The van der Waals surface area contributed by atoms with E-state index in [0.29, 0.717) is 18.0 Å². The molecule has 0 atom stereocenters. The Morgan fingerprint density at radius 3 is 2.70 bits per heavy atom. The molecule has 20 heavy (non-hydrogen) atoms. The third-order valence-corrected chi connectivity index (χ3v) is 4.96. The summed E-state index contributed by atoms with van der Waals surface area (Å²) in [6, 6.07) is 0. The van der Waals surface area contributed by atoms with Gasteiger partial charge >= 0.3 is 5.97 Å². The first kappa shape index (κ1) is 15.3. The highest BCUT2D eigenvalue weighted by atomic mass is 35.7. The number of halogens is 1. The molecule has 1 aliphatic carbocycles. The van der Waals surface area contributed by atoms with E-state index < -0.39 is 15.0 Å². The minimum Gasteiger partial charge on any atom is -0.461 e. The second-order valence-corrected chi connectivity index (χ2v) is 7.40. The first-order valence-electron chi connectivity index (χ1n) is 6.62. The molecule has 0 bridgehead atoms. The monoisotopic (exact) mass is 320 g/mol. The normalized spacial score (nSPS) is 15.9. The van der Waals surface area contributed by atoms with Gasteiger partial charge in [-0.25, -0.2) is 13.2 Å². The number of aromatic nitrogens is 2. The summed E-state index contributed by atoms with van der Waals surface area (Å²) < 4.78 is 28.2. The number of hydrogen-bond donors (Lipinski definition) is 1. The maximum atomic E-state index is 11.9. The quantitative estimate of drug-likeness (QED) is 0.641. The van der Waals surface area contributed by atoms with Crippen molar-refractivity contribution in [2.75, 3.05) is 6.61 Å². The fraction of sp³-hybridized carbons (Fsp3) is 0.667. The van der Waals surface area contributed by atoms with E-state index in [0.717, 1.165) is 6.42 Å². The Balaban J connectivity index is 2.07. The molecule has 1 fully saturated rings. The van der Waals surface area contributed by atoms with Crippen molar-refractivity contribution in [3.8, 4) is 0 Å². The van der Waals surface area contributed by atoms with Crippen LogP contribution in [-0.2, 0) is 20.2 Å². The lowest BCUT2D eigenvalue weighted by molar-refractivity contribution is 0.0453. The molecule has 0 spiro atoms. The zero-order chi connectivity index (χ0) is 14.8. The molecule has 0 unspecified atom stereocenters. The number of aryl methyl sites for hydroxylation is 1. The summed E-state index contributed by atoms with van der Waals surface area (Å²) in [5.74, 6) is -0.135. The van der Waals surface area contributed by atoms with E-state index in [9.17, 15) is 13.2 Å². The Morgan fingerprint density at radius 1 is 1.50 bits per heavy atom. The van der Waals surface area contributed by atoms with E-state index in [1.54, 1.807) is 6.92 Å². The zero-order valence-electron chi connectivity index (χ0n) is 11.2. The highest BCUT2D eigenvalue weighted by Crippen LogP contribution is 2.29. The minimum absolute atomic E-state index is 0.259. The van der Waals surface area contributed by atoms with Crippen LogP contribution in [0.3, 0.4) is 0 Å². The number of nitrogens with one attached hydrogen (secondary N) is 1. The minimum atomic E-state index is -4.04. The molecule has 0 radical (unpaired) electrons. The average molecular weight is 321 g/mol. The highest BCUT2D eigenvalue weighted by Gasteiger charge is 2.29. The molecule has 0 saturated heterocycles. The van der Waals surface area contributed by atoms with Gasteiger partial charge in [0.25, 0.3) is 9.05 Å². The number of esters is 1. The van der Waals surface area contributed by atoms with Crippen molar-refractivity contribution in [3.05, 3.63) is 11.4 Å². The molecule has 0 amide bonds. The molecule has 1 saturated carbocycles. The standard InChI is InChI=1S/C12H17ClN2O4S/c1-2-9-11(20(13,17)18)10(15-14-9)12(16)19-7-6-8-4-3-5-8/h8H,2-7H2,1H3,(H,14,15). The van der Waals surface area contributed by atoms with Crippen LogP contribution < -0.4 is 0 Å². The first-order chi connectivity index (χ1) is 9.43. The lowest BCUT2D eigenvalue weighted by Crippen LogP contribution is -2.16. The second kappa shape index (κ2) is 6.13. The predicted molar refractivity (Wildman–Crippen MR) is 73.2 cm³/mol. The summed E-state index contributed by atoms with van der Waals surface area (Å²) in [5.41, 5.74) is 0.0522. The van der Waals surface area contributed by atoms with E-state index in [1.165, 1.54) is 19.3 Å². The summed E-state index contributed by atoms with van der Waals surface area (Å²) in [4.78, 5) is 11.6. The smallest absolute Gasteiger partial charge is 0.360 e. The van der Waals surface area contributed by atoms with Gasteiger partial charge in [0.1, 0.15) is 4.90 Å². The van der Waals surface area contributed by atoms with E-state index >= 15 is 0 Å². The van der Waals surface area contributed by atoms with Gasteiger partial charge < -0.3 is 4.74 Å². The van der Waals surface area contributed by atoms with Crippen molar-refractivity contribution < 1.29 is 17.9 Å². The highest BCUT2D eigenvalue weighted by molar-refractivity contribution is 8.13. The van der Waals surface area contributed by atoms with Crippen LogP contribution in [0.2, 0.25) is 0 Å². The Kier molecular flexibility index (Phi) is 4.70. The topological polar surface area (TPSA) is 89.1 Å². The maximum Gasteiger partial charge on any atom is 0.360 e. The maximum absolute atomic E-state index is 11.9. The van der Waals surface area contributed by atoms with Gasteiger partial charge in [0, 0.05) is 10.7 Å². The van der Waals surface area contributed by atoms with Crippen LogP contribution in [0.15, 0.2) is 4.90 Å². The fourth-order valence-corrected chi connectivity index (χ4v) is 3.52. The van der Waals surface area contributed by atoms with Gasteiger partial charge in [-0.05, 0) is 18.8 Å². The van der Waals surface area contributed by atoms with E-state index in [4.69, 9.17) is 15.4 Å². The Labute approximate surface area is 122 Å². The van der Waals surface area contributed by atoms with Gasteiger partial charge in [-0.3, -0.25) is 5.10 Å². The van der Waals surface area contributed by atoms with Crippen molar-refractivity contribution >= 4 is 25.7 Å². The molecule has 2 rings (SSSR count). The number of carbonyl (C=O) groups is 1. The lowest BCUT2D eigenvalue weighted by Gasteiger charge is -2.24. The third kappa shape index (κ3) is 3.32. The Bertz CT molecular complexity index is 593. The molecule has 1 aromatic rings. The number of carbonyl (C=O) groups excluding carboxylic acids is 1. The van der Waals surface area contributed by atoms with E-state index in [2.05, 4.69) is 10.2 Å². The molecule has 1 aromatic heterocycles. The van der Waals surface area contributed by atoms with Crippen LogP contribution in [0.4, 0.5) is 0 Å². The van der Waals surface area contributed by atoms with Crippen LogP contribution in [0.5, 0.6) is 0 Å². The van der Waals surface area contributed by atoms with Gasteiger partial charge in [0.2, 0.25) is 0 Å². The molecule has 0 aliphatic heterocycles. The molecule has 1 aliphatic rings. The molecule has 6 nitrogen and oxygen atoms in total. The Morgan fingerprint density at radius 2 is 2.20 bits per heavy atom. The van der Waals surface area contributed by atoms with Crippen LogP contribution in [0.1, 0.15) is 48.8 Å². The average Bonchev–Trinajstić information content (AvgIpc) is 2.75. The number of aromatic amines is 1. The predicted octanol–water partition coefficient (Wildman–Crippen LogP) is 2.25. The molecular formula is C12H17ClN2O4S. The van der Waals surface area contributed by atoms with Crippen molar-refractivity contribution in [2.24, 2.45) is 5.92 Å². The number of hydrogen-bond acceptors (Lipinski definition) is 5. The van der Waals surface area contributed by atoms with Crippen LogP contribution in [-0.4, -0.2) is 31.2 Å². The number of H-pyrrole nitrogens is 1. The van der Waals surface area contributed by atoms with Crippen molar-refractivity contribution in [1.29, 1.82) is 0 Å². The SMILES string of the molecule is CCc1[nH]nc(C(=O)OCCC2CCC2)c1S(=O)(=O)Cl. The summed E-state index contributed by atoms with van der Waals surface area (Å²) in [6.45, 7) is 2.02. The molecular weight excluding hydrogens is 304 g/mol. The summed E-state index contributed by atoms with van der Waals surface area (Å²) in [6.07, 6.45) is 4.75. The summed E-state index contributed by atoms with van der Waals surface area (Å²) in [7, 11) is 1.32. The largest absolute Gasteiger partial charge is 0.461 e. The van der Waals surface area contributed by atoms with Crippen LogP contribution >= 0.6 is 10.7 Å². The van der Waals surface area contributed by atoms with Crippen molar-refractivity contribution in [3.63, 3.8) is 0 Å². The molecule has 8 heteroatoms. The van der Waals surface area contributed by atoms with Crippen LogP contribution in [0.25, 0.3) is 0 Å². The fourth-order valence-electron chi connectivity index (χ4n) is 2.18. The third-order valence-electron chi connectivity index (χ3n) is 3.57. The van der Waals surface area contributed by atoms with Crippen LogP contribution in [0, 0.1) is 5.92 Å². The van der Waals surface area contributed by atoms with Gasteiger partial charge in [-0.1, -0.05) is 26.2 Å². The number of ether oxygens (including phenoxy) is 1. The molecule has 1 heterocycles. The zero-order valence-corrected chi connectivity index (χ0v) is 12.8. The van der Waals surface area contributed by atoms with Gasteiger partial charge in [-0.15, -0.1) is 0 Å². The summed E-state index contributed by atoms with van der Waals surface area (Å²) >= 11 is 0. The lowest BCUT2D eigenvalue weighted by atomic mass is 9.83. The van der Waals surface area contributed by atoms with Crippen molar-refractivity contribution in [2.45, 2.75) is 43.9 Å². The Hall–Kier alpha value is -1.08.